The first-order chi connectivity index (χ1) is 11.0. The Bertz CT molecular complexity index is 676. The predicted octanol–water partition coefficient (Wildman–Crippen LogP) is 4.50. The first kappa shape index (κ1) is 17.1. The van der Waals surface area contributed by atoms with Crippen LogP contribution in [0.25, 0.3) is 0 Å². The first-order valence-electron chi connectivity index (χ1n) is 8.03. The first-order valence-corrected chi connectivity index (χ1v) is 8.03. The Morgan fingerprint density at radius 2 is 1.96 bits per heavy atom. The fourth-order valence-electron chi connectivity index (χ4n) is 2.68. The van der Waals surface area contributed by atoms with E-state index < -0.39 is 11.9 Å². The summed E-state index contributed by atoms with van der Waals surface area (Å²) < 4.78 is 5.64. The van der Waals surface area contributed by atoms with E-state index in [4.69, 9.17) is 4.74 Å². The molecule has 0 heterocycles. The van der Waals surface area contributed by atoms with Gasteiger partial charge >= 0.3 is 5.97 Å². The number of hydrogen-bond donors (Lipinski definition) is 1. The van der Waals surface area contributed by atoms with Crippen LogP contribution in [0.4, 0.5) is 0 Å². The van der Waals surface area contributed by atoms with Gasteiger partial charge in [-0.1, -0.05) is 42.8 Å². The monoisotopic (exact) mass is 312 g/mol. The van der Waals surface area contributed by atoms with E-state index >= 15 is 0 Å². The van der Waals surface area contributed by atoms with E-state index in [0.29, 0.717) is 13.0 Å². The Labute approximate surface area is 137 Å². The van der Waals surface area contributed by atoms with Crippen LogP contribution in [0.5, 0.6) is 5.75 Å². The van der Waals surface area contributed by atoms with Crippen LogP contribution >= 0.6 is 0 Å². The van der Waals surface area contributed by atoms with Crippen molar-refractivity contribution in [1.82, 2.24) is 0 Å². The molecule has 0 aromatic heterocycles. The third-order valence-corrected chi connectivity index (χ3v) is 3.92. The van der Waals surface area contributed by atoms with Gasteiger partial charge in [0.25, 0.3) is 0 Å². The van der Waals surface area contributed by atoms with Crippen molar-refractivity contribution in [2.24, 2.45) is 0 Å². The van der Waals surface area contributed by atoms with Crippen LogP contribution in [0.1, 0.15) is 41.5 Å². The molecule has 1 unspecified atom stereocenters. The smallest absolute Gasteiger partial charge is 0.311 e. The lowest BCUT2D eigenvalue weighted by molar-refractivity contribution is -0.138. The Balaban J connectivity index is 2.26. The zero-order valence-electron chi connectivity index (χ0n) is 14.0. The normalized spacial score (nSPS) is 12.0. The van der Waals surface area contributed by atoms with Crippen molar-refractivity contribution in [1.29, 1.82) is 0 Å². The van der Waals surface area contributed by atoms with Crippen LogP contribution < -0.4 is 4.74 Å². The van der Waals surface area contributed by atoms with E-state index in [9.17, 15) is 9.90 Å². The van der Waals surface area contributed by atoms with Crippen LogP contribution in [0, 0.1) is 13.8 Å². The third-order valence-electron chi connectivity index (χ3n) is 3.92. The fraction of sp³-hybridized carbons (Fsp3) is 0.350. The predicted molar refractivity (Wildman–Crippen MR) is 92.2 cm³/mol. The van der Waals surface area contributed by atoms with Gasteiger partial charge in [-0.15, -0.1) is 0 Å². The minimum Gasteiger partial charge on any atom is -0.494 e. The number of carboxylic acids is 1. The zero-order valence-corrected chi connectivity index (χ0v) is 14.0. The minimum absolute atomic E-state index is 0.461. The second-order valence-electron chi connectivity index (χ2n) is 5.95. The van der Waals surface area contributed by atoms with Gasteiger partial charge in [-0.3, -0.25) is 4.79 Å². The molecule has 1 N–H and O–H groups in total. The van der Waals surface area contributed by atoms with E-state index in [-0.39, 0.29) is 0 Å². The number of hydrogen-bond acceptors (Lipinski definition) is 2. The number of ether oxygens (including phenoxy) is 1. The van der Waals surface area contributed by atoms with E-state index in [0.717, 1.165) is 34.4 Å². The highest BCUT2D eigenvalue weighted by atomic mass is 16.5. The van der Waals surface area contributed by atoms with Crippen LogP contribution in [0.15, 0.2) is 42.5 Å². The molecule has 0 aliphatic carbocycles. The molecule has 0 radical (unpaired) electrons. The maximum atomic E-state index is 11.8. The number of aryl methyl sites for hydroxylation is 2. The number of carboxylic acid groups (broad SMARTS) is 1. The lowest BCUT2D eigenvalue weighted by Crippen LogP contribution is -2.16. The van der Waals surface area contributed by atoms with Crippen molar-refractivity contribution in [3.63, 3.8) is 0 Å². The third kappa shape index (κ3) is 4.59. The van der Waals surface area contributed by atoms with E-state index in [2.05, 4.69) is 6.92 Å². The average molecular weight is 312 g/mol. The molecule has 2 aromatic carbocycles. The number of aliphatic carboxylic acids is 1. The topological polar surface area (TPSA) is 46.5 Å². The molecule has 0 fully saturated rings. The molecular weight excluding hydrogens is 288 g/mol. The zero-order chi connectivity index (χ0) is 16.8. The second-order valence-corrected chi connectivity index (χ2v) is 5.95. The van der Waals surface area contributed by atoms with Gasteiger partial charge in [-0.05, 0) is 55.5 Å². The summed E-state index contributed by atoms with van der Waals surface area (Å²) >= 11 is 0. The van der Waals surface area contributed by atoms with Gasteiger partial charge in [0.05, 0.1) is 12.5 Å². The molecule has 23 heavy (non-hydrogen) atoms. The molecule has 0 saturated heterocycles. The summed E-state index contributed by atoms with van der Waals surface area (Å²) in [6, 6.07) is 13.7. The summed E-state index contributed by atoms with van der Waals surface area (Å²) in [7, 11) is 0. The molecule has 122 valence electrons. The van der Waals surface area contributed by atoms with Gasteiger partial charge < -0.3 is 9.84 Å². The van der Waals surface area contributed by atoms with Gasteiger partial charge in [-0.25, -0.2) is 0 Å². The molecule has 2 aromatic rings. The molecule has 0 amide bonds. The highest BCUT2D eigenvalue weighted by Crippen LogP contribution is 2.27. The van der Waals surface area contributed by atoms with Crippen molar-refractivity contribution >= 4 is 5.97 Å². The maximum Gasteiger partial charge on any atom is 0.311 e. The van der Waals surface area contributed by atoms with Gasteiger partial charge in [0.1, 0.15) is 5.75 Å². The lowest BCUT2D eigenvalue weighted by Gasteiger charge is -2.17. The lowest BCUT2D eigenvalue weighted by atomic mass is 9.88. The van der Waals surface area contributed by atoms with Crippen LogP contribution in [-0.2, 0) is 11.2 Å². The van der Waals surface area contributed by atoms with Crippen molar-refractivity contribution in [3.8, 4) is 5.75 Å². The fourth-order valence-corrected chi connectivity index (χ4v) is 2.68. The number of carbonyl (C=O) groups is 1. The Morgan fingerprint density at radius 1 is 1.17 bits per heavy atom. The summed E-state index contributed by atoms with van der Waals surface area (Å²) in [6.07, 6.45) is 1.41. The van der Waals surface area contributed by atoms with Crippen LogP contribution in [-0.4, -0.2) is 17.7 Å². The molecule has 0 aliphatic heterocycles. The Hall–Kier alpha value is -2.29. The molecule has 0 spiro atoms. The summed E-state index contributed by atoms with van der Waals surface area (Å²) in [6.45, 7) is 6.68. The molecular formula is C20H24O3. The largest absolute Gasteiger partial charge is 0.494 e. The quantitative estimate of drug-likeness (QED) is 0.818. The summed E-state index contributed by atoms with van der Waals surface area (Å²) in [5, 5.41) is 9.68. The summed E-state index contributed by atoms with van der Waals surface area (Å²) in [5.41, 5.74) is 3.96. The molecule has 1 atom stereocenters. The molecule has 0 saturated carbocycles. The van der Waals surface area contributed by atoms with Crippen molar-refractivity contribution < 1.29 is 14.6 Å². The maximum absolute atomic E-state index is 11.8. The molecule has 3 nitrogen and oxygen atoms in total. The minimum atomic E-state index is -0.793. The van der Waals surface area contributed by atoms with Gasteiger partial charge in [0, 0.05) is 0 Å². The summed E-state index contributed by atoms with van der Waals surface area (Å²) in [5.74, 6) is -0.538. The van der Waals surface area contributed by atoms with E-state index in [1.54, 1.807) is 0 Å². The SMILES string of the molecule is CCCOc1cccc(CC(C(=O)O)c2cc(C)ccc2C)c1. The second kappa shape index (κ2) is 7.82. The number of rotatable bonds is 7. The molecule has 0 bridgehead atoms. The van der Waals surface area contributed by atoms with Crippen LogP contribution in [0.2, 0.25) is 0 Å². The van der Waals surface area contributed by atoms with Gasteiger partial charge in [-0.2, -0.15) is 0 Å². The Kier molecular flexibility index (Phi) is 5.80. The number of benzene rings is 2. The Morgan fingerprint density at radius 3 is 2.65 bits per heavy atom. The van der Waals surface area contributed by atoms with Crippen molar-refractivity contribution in [3.05, 3.63) is 64.7 Å². The van der Waals surface area contributed by atoms with Crippen LogP contribution in [0.3, 0.4) is 0 Å². The van der Waals surface area contributed by atoms with Gasteiger partial charge in [0.2, 0.25) is 0 Å². The van der Waals surface area contributed by atoms with E-state index in [1.807, 2.05) is 56.3 Å². The van der Waals surface area contributed by atoms with Gasteiger partial charge in [0.15, 0.2) is 0 Å². The van der Waals surface area contributed by atoms with Crippen molar-refractivity contribution in [2.45, 2.75) is 39.5 Å². The molecule has 0 aliphatic rings. The molecule has 3 heteroatoms. The molecule has 2 rings (SSSR count). The standard InChI is InChI=1S/C20H24O3/c1-4-10-23-17-7-5-6-16(12-17)13-19(20(21)22)18-11-14(2)8-9-15(18)3/h5-9,11-12,19H,4,10,13H2,1-3H3,(H,21,22). The highest BCUT2D eigenvalue weighted by Gasteiger charge is 2.22. The average Bonchev–Trinajstić information content (AvgIpc) is 2.53. The highest BCUT2D eigenvalue weighted by molar-refractivity contribution is 5.77. The summed E-state index contributed by atoms with van der Waals surface area (Å²) in [4.78, 5) is 11.8. The van der Waals surface area contributed by atoms with E-state index in [1.165, 1.54) is 0 Å². The van der Waals surface area contributed by atoms with Crippen molar-refractivity contribution in [2.75, 3.05) is 6.61 Å².